The molecule has 0 fully saturated rings. The van der Waals surface area contributed by atoms with E-state index < -0.39 is 0 Å². The molecule has 0 aliphatic heterocycles. The van der Waals surface area contributed by atoms with Crippen molar-refractivity contribution in [3.05, 3.63) is 85.7 Å². The third-order valence-electron chi connectivity index (χ3n) is 3.85. The van der Waals surface area contributed by atoms with Crippen LogP contribution in [0.1, 0.15) is 0 Å². The number of aromatic nitrogens is 4. The van der Waals surface area contributed by atoms with Crippen LogP contribution in [0, 0.1) is 0 Å². The molecule has 2 aromatic carbocycles. The maximum Gasteiger partial charge on any atom is 0.162 e. The van der Waals surface area contributed by atoms with E-state index in [2.05, 4.69) is 44.2 Å². The van der Waals surface area contributed by atoms with Crippen LogP contribution in [0.15, 0.2) is 85.7 Å². The van der Waals surface area contributed by atoms with E-state index in [1.54, 1.807) is 12.4 Å². The zero-order valence-corrected chi connectivity index (χ0v) is 12.9. The summed E-state index contributed by atoms with van der Waals surface area (Å²) in [6, 6.07) is 20.6. The Balaban J connectivity index is 1.92. The molecule has 2 heterocycles. The van der Waals surface area contributed by atoms with Gasteiger partial charge in [0.2, 0.25) is 0 Å². The van der Waals surface area contributed by atoms with Gasteiger partial charge < -0.3 is 0 Å². The highest BCUT2D eigenvalue weighted by Gasteiger charge is 2.10. The van der Waals surface area contributed by atoms with Gasteiger partial charge in [-0.05, 0) is 40.5 Å². The molecule has 0 saturated heterocycles. The van der Waals surface area contributed by atoms with Crippen molar-refractivity contribution < 1.29 is 0 Å². The van der Waals surface area contributed by atoms with Crippen LogP contribution in [0.25, 0.3) is 33.6 Å². The first-order valence-electron chi connectivity index (χ1n) is 7.64. The third-order valence-corrected chi connectivity index (χ3v) is 3.85. The minimum Gasteiger partial charge on any atom is -0.265 e. The monoisotopic (exact) mass is 310 g/mol. The minimum absolute atomic E-state index is 0.667. The van der Waals surface area contributed by atoms with Gasteiger partial charge in [-0.25, -0.2) is 15.0 Å². The summed E-state index contributed by atoms with van der Waals surface area (Å²) >= 11 is 0. The van der Waals surface area contributed by atoms with E-state index in [0.29, 0.717) is 5.82 Å². The third kappa shape index (κ3) is 2.77. The fraction of sp³-hybridized carbons (Fsp3) is 0. The molecule has 0 N–H and O–H groups in total. The van der Waals surface area contributed by atoms with Gasteiger partial charge in [-0.3, -0.25) is 4.98 Å². The van der Waals surface area contributed by atoms with Gasteiger partial charge in [-0.1, -0.05) is 42.5 Å². The molecule has 4 heteroatoms. The average molecular weight is 310 g/mol. The summed E-state index contributed by atoms with van der Waals surface area (Å²) in [7, 11) is 0. The Morgan fingerprint density at radius 1 is 0.542 bits per heavy atom. The lowest BCUT2D eigenvalue weighted by molar-refractivity contribution is 1.06. The topological polar surface area (TPSA) is 51.6 Å². The molecular formula is C20H14N4. The first-order chi connectivity index (χ1) is 11.9. The van der Waals surface area contributed by atoms with Crippen LogP contribution in [0.3, 0.4) is 0 Å². The summed E-state index contributed by atoms with van der Waals surface area (Å²) in [5, 5.41) is 0. The molecule has 4 rings (SSSR count). The van der Waals surface area contributed by atoms with Gasteiger partial charge in [-0.2, -0.15) is 0 Å². The van der Waals surface area contributed by atoms with E-state index in [0.717, 1.165) is 16.7 Å². The van der Waals surface area contributed by atoms with Gasteiger partial charge in [-0.15, -0.1) is 0 Å². The molecule has 4 nitrogen and oxygen atoms in total. The first-order valence-corrected chi connectivity index (χ1v) is 7.64. The van der Waals surface area contributed by atoms with Crippen LogP contribution in [-0.2, 0) is 0 Å². The van der Waals surface area contributed by atoms with Crippen molar-refractivity contribution in [1.82, 2.24) is 19.9 Å². The Kier molecular flexibility index (Phi) is 3.78. The summed E-state index contributed by atoms with van der Waals surface area (Å²) in [6.45, 7) is 0. The normalized spacial score (nSPS) is 10.5. The van der Waals surface area contributed by atoms with Crippen LogP contribution < -0.4 is 0 Å². The molecule has 114 valence electrons. The van der Waals surface area contributed by atoms with Crippen molar-refractivity contribution in [2.45, 2.75) is 0 Å². The van der Waals surface area contributed by atoms with Gasteiger partial charge in [0.1, 0.15) is 12.7 Å². The Bertz CT molecular complexity index is 939. The fourth-order valence-electron chi connectivity index (χ4n) is 2.71. The molecule has 24 heavy (non-hydrogen) atoms. The lowest BCUT2D eigenvalue weighted by Crippen LogP contribution is -1.92. The molecule has 2 aromatic heterocycles. The van der Waals surface area contributed by atoms with E-state index in [1.807, 2.05) is 36.4 Å². The van der Waals surface area contributed by atoms with Gasteiger partial charge in [0.15, 0.2) is 5.82 Å². The first kappa shape index (κ1) is 14.2. The minimum atomic E-state index is 0.667. The van der Waals surface area contributed by atoms with Gasteiger partial charge in [0.05, 0.1) is 0 Å². The molecule has 4 aromatic rings. The Morgan fingerprint density at radius 2 is 1.25 bits per heavy atom. The van der Waals surface area contributed by atoms with Crippen LogP contribution in [0.5, 0.6) is 0 Å². The maximum absolute atomic E-state index is 4.25. The summed E-state index contributed by atoms with van der Waals surface area (Å²) in [5.41, 5.74) is 5.54. The zero-order valence-electron chi connectivity index (χ0n) is 12.9. The zero-order chi connectivity index (χ0) is 16.2. The number of pyridine rings is 1. The predicted molar refractivity (Wildman–Crippen MR) is 93.9 cm³/mol. The van der Waals surface area contributed by atoms with E-state index in [1.165, 1.54) is 23.8 Å². The van der Waals surface area contributed by atoms with Gasteiger partial charge >= 0.3 is 0 Å². The maximum atomic E-state index is 4.25. The quantitative estimate of drug-likeness (QED) is 0.567. The average Bonchev–Trinajstić information content (AvgIpc) is 2.69. The summed E-state index contributed by atoms with van der Waals surface area (Å²) < 4.78 is 0. The van der Waals surface area contributed by atoms with E-state index in [-0.39, 0.29) is 0 Å². The van der Waals surface area contributed by atoms with Crippen LogP contribution in [0.4, 0.5) is 0 Å². The highest BCUT2D eigenvalue weighted by atomic mass is 15.0. The highest BCUT2D eigenvalue weighted by molar-refractivity contribution is 5.86. The molecule has 0 radical (unpaired) electrons. The predicted octanol–water partition coefficient (Wildman–Crippen LogP) is 4.27. The lowest BCUT2D eigenvalue weighted by Gasteiger charge is -2.12. The van der Waals surface area contributed by atoms with Crippen LogP contribution in [-0.4, -0.2) is 19.9 Å². The Labute approximate surface area is 139 Å². The molecule has 0 unspecified atom stereocenters. The van der Waals surface area contributed by atoms with Gasteiger partial charge in [0.25, 0.3) is 0 Å². The SMILES string of the molecule is c1ccc(-c2ccc(-c3ncncn3)cc2-c2ccncc2)cc1. The van der Waals surface area contributed by atoms with Gasteiger partial charge in [0, 0.05) is 18.0 Å². The molecule has 0 bridgehead atoms. The second kappa shape index (κ2) is 6.38. The lowest BCUT2D eigenvalue weighted by atomic mass is 9.93. The summed E-state index contributed by atoms with van der Waals surface area (Å²) in [5.74, 6) is 0.667. The number of hydrogen-bond acceptors (Lipinski definition) is 4. The highest BCUT2D eigenvalue weighted by Crippen LogP contribution is 2.34. The molecular weight excluding hydrogens is 296 g/mol. The van der Waals surface area contributed by atoms with E-state index >= 15 is 0 Å². The van der Waals surface area contributed by atoms with Crippen LogP contribution >= 0.6 is 0 Å². The van der Waals surface area contributed by atoms with Crippen LogP contribution in [0.2, 0.25) is 0 Å². The number of nitrogens with zero attached hydrogens (tertiary/aromatic N) is 4. The second-order valence-corrected chi connectivity index (χ2v) is 5.32. The van der Waals surface area contributed by atoms with Crippen molar-refractivity contribution >= 4 is 0 Å². The number of hydrogen-bond donors (Lipinski definition) is 0. The summed E-state index contributed by atoms with van der Waals surface area (Å²) in [6.07, 6.45) is 6.64. The molecule has 0 aliphatic carbocycles. The standard InChI is InChI=1S/C20H14N4/c1-2-4-15(5-3-1)18-7-6-17(20-23-13-22-14-24-20)12-19(18)16-8-10-21-11-9-16/h1-14H. The van der Waals surface area contributed by atoms with Crippen molar-refractivity contribution in [1.29, 1.82) is 0 Å². The van der Waals surface area contributed by atoms with Crippen molar-refractivity contribution in [2.75, 3.05) is 0 Å². The Hall–Kier alpha value is -3.40. The largest absolute Gasteiger partial charge is 0.265 e. The smallest absolute Gasteiger partial charge is 0.162 e. The van der Waals surface area contributed by atoms with E-state index in [9.17, 15) is 0 Å². The fourth-order valence-corrected chi connectivity index (χ4v) is 2.71. The van der Waals surface area contributed by atoms with Crippen molar-refractivity contribution in [3.8, 4) is 33.6 Å². The van der Waals surface area contributed by atoms with Crippen molar-refractivity contribution in [2.24, 2.45) is 0 Å². The van der Waals surface area contributed by atoms with E-state index in [4.69, 9.17) is 0 Å². The second-order valence-electron chi connectivity index (χ2n) is 5.32. The molecule has 0 spiro atoms. The Morgan fingerprint density at radius 3 is 2.00 bits per heavy atom. The molecule has 0 saturated carbocycles. The molecule has 0 atom stereocenters. The van der Waals surface area contributed by atoms with Crippen molar-refractivity contribution in [3.63, 3.8) is 0 Å². The number of benzene rings is 2. The summed E-state index contributed by atoms with van der Waals surface area (Å²) in [4.78, 5) is 16.5. The molecule has 0 amide bonds. The molecule has 0 aliphatic rings. The number of rotatable bonds is 3.